The number of hydrogen-bond acceptors (Lipinski definition) is 2. The van der Waals surface area contributed by atoms with Crippen LogP contribution in [0, 0.1) is 0 Å². The van der Waals surface area contributed by atoms with Gasteiger partial charge >= 0.3 is 0 Å². The van der Waals surface area contributed by atoms with Crippen LogP contribution in [0.3, 0.4) is 0 Å². The molecule has 0 heterocycles. The van der Waals surface area contributed by atoms with Gasteiger partial charge in [0.15, 0.2) is 5.96 Å². The normalized spacial score (nSPS) is 17.7. The number of hydrogen-bond donors (Lipinski definition) is 2. The van der Waals surface area contributed by atoms with Gasteiger partial charge in [-0.2, -0.15) is 0 Å². The van der Waals surface area contributed by atoms with Crippen molar-refractivity contribution in [3.63, 3.8) is 0 Å². The second kappa shape index (κ2) is 9.26. The lowest BCUT2D eigenvalue weighted by Gasteiger charge is -2.25. The van der Waals surface area contributed by atoms with E-state index in [1.165, 1.54) is 24.0 Å². The van der Waals surface area contributed by atoms with Crippen LogP contribution in [0.4, 0.5) is 0 Å². The van der Waals surface area contributed by atoms with Crippen molar-refractivity contribution >= 4 is 5.96 Å². The molecule has 0 bridgehead atoms. The highest BCUT2D eigenvalue weighted by atomic mass is 16.5. The van der Waals surface area contributed by atoms with E-state index < -0.39 is 0 Å². The summed E-state index contributed by atoms with van der Waals surface area (Å²) in [5, 5.41) is 6.42. The monoisotopic (exact) mass is 301 g/mol. The Labute approximate surface area is 133 Å². The number of nitrogens with zero attached hydrogens (tertiary/aromatic N) is 1. The maximum Gasteiger partial charge on any atom is 0.191 e. The van der Waals surface area contributed by atoms with Crippen molar-refractivity contribution in [2.75, 3.05) is 26.7 Å². The van der Waals surface area contributed by atoms with Crippen molar-refractivity contribution < 1.29 is 4.74 Å². The summed E-state index contributed by atoms with van der Waals surface area (Å²) in [7, 11) is 1.77. The number of aliphatic imine (C=N–C) groups is 1. The van der Waals surface area contributed by atoms with E-state index >= 15 is 0 Å². The van der Waals surface area contributed by atoms with E-state index in [4.69, 9.17) is 4.74 Å². The van der Waals surface area contributed by atoms with Crippen molar-refractivity contribution in [2.45, 2.75) is 31.8 Å². The van der Waals surface area contributed by atoms with Crippen LogP contribution < -0.4 is 10.6 Å². The first-order valence-corrected chi connectivity index (χ1v) is 8.10. The number of nitrogens with one attached hydrogen (secondary N) is 2. The number of benzene rings is 1. The van der Waals surface area contributed by atoms with Gasteiger partial charge in [-0.05, 0) is 36.8 Å². The van der Waals surface area contributed by atoms with Crippen LogP contribution in [0.15, 0.2) is 41.9 Å². The Bertz CT molecular complexity index is 499. The second-order valence-electron chi connectivity index (χ2n) is 5.47. The largest absolute Gasteiger partial charge is 0.373 e. The van der Waals surface area contributed by atoms with Crippen molar-refractivity contribution in [3.8, 4) is 0 Å². The van der Waals surface area contributed by atoms with Crippen molar-refractivity contribution in [1.29, 1.82) is 0 Å². The standard InChI is InChI=1S/C18H27N3O/c1-3-12-20-18(19-2)21-13-7-14-22-17-11-6-9-15-8-4-5-10-16(15)17/h3-5,8,10,17H,1,6-7,9,11-14H2,2H3,(H2,19,20,21). The number of fused-ring (bicyclic) bond motifs is 1. The minimum Gasteiger partial charge on any atom is -0.373 e. The molecule has 1 atom stereocenters. The lowest BCUT2D eigenvalue weighted by atomic mass is 9.89. The molecule has 0 saturated heterocycles. The first-order valence-electron chi connectivity index (χ1n) is 8.10. The van der Waals surface area contributed by atoms with Crippen LogP contribution in [0.1, 0.15) is 36.5 Å². The molecule has 2 rings (SSSR count). The third-order valence-electron chi connectivity index (χ3n) is 3.88. The van der Waals surface area contributed by atoms with Gasteiger partial charge in [0.25, 0.3) is 0 Å². The summed E-state index contributed by atoms with van der Waals surface area (Å²) in [4.78, 5) is 4.15. The topological polar surface area (TPSA) is 45.7 Å². The summed E-state index contributed by atoms with van der Waals surface area (Å²) in [6.45, 7) is 6.02. The van der Waals surface area contributed by atoms with Crippen molar-refractivity contribution in [2.24, 2.45) is 4.99 Å². The number of guanidine groups is 1. The number of aryl methyl sites for hydroxylation is 1. The van der Waals surface area contributed by atoms with E-state index in [-0.39, 0.29) is 6.10 Å². The molecular formula is C18H27N3O. The fraction of sp³-hybridized carbons (Fsp3) is 0.500. The SMILES string of the molecule is C=CCNC(=NC)NCCCOC1CCCc2ccccc21. The Morgan fingerprint density at radius 1 is 1.41 bits per heavy atom. The maximum atomic E-state index is 6.09. The van der Waals surface area contributed by atoms with Gasteiger partial charge in [-0.15, -0.1) is 6.58 Å². The molecule has 0 amide bonds. The molecule has 1 aromatic rings. The minimum absolute atomic E-state index is 0.267. The molecule has 1 aliphatic rings. The smallest absolute Gasteiger partial charge is 0.191 e. The van der Waals surface area contributed by atoms with Gasteiger partial charge in [0.1, 0.15) is 0 Å². The fourth-order valence-electron chi connectivity index (χ4n) is 2.78. The summed E-state index contributed by atoms with van der Waals surface area (Å²) in [6, 6.07) is 8.66. The molecule has 0 aromatic heterocycles. The van der Waals surface area contributed by atoms with E-state index in [1.807, 2.05) is 6.08 Å². The van der Waals surface area contributed by atoms with E-state index in [2.05, 4.69) is 46.5 Å². The van der Waals surface area contributed by atoms with Crippen LogP contribution in [0.5, 0.6) is 0 Å². The highest BCUT2D eigenvalue weighted by molar-refractivity contribution is 5.79. The molecule has 0 spiro atoms. The average molecular weight is 301 g/mol. The van der Waals surface area contributed by atoms with Crippen molar-refractivity contribution in [1.82, 2.24) is 10.6 Å². The highest BCUT2D eigenvalue weighted by Gasteiger charge is 2.19. The molecule has 1 aliphatic carbocycles. The van der Waals surface area contributed by atoms with Gasteiger partial charge in [0, 0.05) is 26.7 Å². The van der Waals surface area contributed by atoms with Crippen LogP contribution in [0.2, 0.25) is 0 Å². The third-order valence-corrected chi connectivity index (χ3v) is 3.88. The first-order chi connectivity index (χ1) is 10.8. The molecule has 4 nitrogen and oxygen atoms in total. The Balaban J connectivity index is 1.68. The summed E-state index contributed by atoms with van der Waals surface area (Å²) in [5.41, 5.74) is 2.83. The molecule has 120 valence electrons. The second-order valence-corrected chi connectivity index (χ2v) is 5.47. The average Bonchev–Trinajstić information content (AvgIpc) is 2.57. The van der Waals surface area contributed by atoms with Gasteiger partial charge in [-0.1, -0.05) is 30.3 Å². The molecule has 4 heteroatoms. The number of rotatable bonds is 7. The lowest BCUT2D eigenvalue weighted by molar-refractivity contribution is 0.0398. The van der Waals surface area contributed by atoms with Gasteiger partial charge in [0.2, 0.25) is 0 Å². The molecule has 0 saturated carbocycles. The van der Waals surface area contributed by atoms with Gasteiger partial charge in [-0.3, -0.25) is 4.99 Å². The first kappa shape index (κ1) is 16.6. The summed E-state index contributed by atoms with van der Waals surface area (Å²) in [5.74, 6) is 0.808. The third kappa shape index (κ3) is 4.88. The molecular weight excluding hydrogens is 274 g/mol. The van der Waals surface area contributed by atoms with Crippen LogP contribution in [-0.2, 0) is 11.2 Å². The Hall–Kier alpha value is -1.81. The van der Waals surface area contributed by atoms with Crippen LogP contribution >= 0.6 is 0 Å². The van der Waals surface area contributed by atoms with Gasteiger partial charge in [-0.25, -0.2) is 0 Å². The zero-order valence-corrected chi connectivity index (χ0v) is 13.5. The van der Waals surface area contributed by atoms with Crippen molar-refractivity contribution in [3.05, 3.63) is 48.0 Å². The molecule has 0 radical (unpaired) electrons. The lowest BCUT2D eigenvalue weighted by Crippen LogP contribution is -2.38. The predicted molar refractivity (Wildman–Crippen MR) is 92.3 cm³/mol. The molecule has 1 aromatic carbocycles. The van der Waals surface area contributed by atoms with E-state index in [1.54, 1.807) is 7.05 Å². The molecule has 22 heavy (non-hydrogen) atoms. The summed E-state index contributed by atoms with van der Waals surface area (Å²) < 4.78 is 6.09. The quantitative estimate of drug-likeness (QED) is 0.352. The maximum absolute atomic E-state index is 6.09. The molecule has 2 N–H and O–H groups in total. The minimum atomic E-state index is 0.267. The van der Waals surface area contributed by atoms with E-state index in [0.717, 1.165) is 38.5 Å². The molecule has 0 aliphatic heterocycles. The Morgan fingerprint density at radius 2 is 2.27 bits per heavy atom. The highest BCUT2D eigenvalue weighted by Crippen LogP contribution is 2.32. The van der Waals surface area contributed by atoms with E-state index in [0.29, 0.717) is 0 Å². The molecule has 0 fully saturated rings. The van der Waals surface area contributed by atoms with Crippen LogP contribution in [-0.4, -0.2) is 32.7 Å². The predicted octanol–water partition coefficient (Wildman–Crippen LogP) is 2.82. The van der Waals surface area contributed by atoms with E-state index in [9.17, 15) is 0 Å². The van der Waals surface area contributed by atoms with Crippen LogP contribution in [0.25, 0.3) is 0 Å². The fourth-order valence-corrected chi connectivity index (χ4v) is 2.78. The summed E-state index contributed by atoms with van der Waals surface area (Å²) in [6.07, 6.45) is 6.58. The number of ether oxygens (including phenoxy) is 1. The Kier molecular flexibility index (Phi) is 6.97. The van der Waals surface area contributed by atoms with Gasteiger partial charge in [0.05, 0.1) is 6.10 Å². The van der Waals surface area contributed by atoms with Gasteiger partial charge < -0.3 is 15.4 Å². The molecule has 1 unspecified atom stereocenters. The zero-order chi connectivity index (χ0) is 15.6. The Morgan fingerprint density at radius 3 is 3.09 bits per heavy atom. The summed E-state index contributed by atoms with van der Waals surface area (Å²) >= 11 is 0. The zero-order valence-electron chi connectivity index (χ0n) is 13.5.